The molecule has 0 amide bonds. The topological polar surface area (TPSA) is 41.5 Å². The lowest BCUT2D eigenvalue weighted by Crippen LogP contribution is -2.38. The van der Waals surface area contributed by atoms with Gasteiger partial charge >= 0.3 is 0 Å². The Bertz CT molecular complexity index is 946. The number of rotatable bonds is 7. The second-order valence-electron chi connectivity index (χ2n) is 8.35. The van der Waals surface area contributed by atoms with Crippen LogP contribution in [0.4, 0.5) is 5.82 Å². The molecule has 0 aliphatic carbocycles. The first kappa shape index (κ1) is 19.9. The summed E-state index contributed by atoms with van der Waals surface area (Å²) in [6.07, 6.45) is 8.12. The minimum absolute atomic E-state index is 0.383. The summed E-state index contributed by atoms with van der Waals surface area (Å²) in [4.78, 5) is 15.3. The molecule has 0 unspecified atom stereocenters. The Morgan fingerprint density at radius 1 is 1.00 bits per heavy atom. The summed E-state index contributed by atoms with van der Waals surface area (Å²) in [7, 11) is 0. The Labute approximate surface area is 182 Å². The van der Waals surface area contributed by atoms with Crippen LogP contribution in [0.1, 0.15) is 32.1 Å². The molecule has 5 rings (SSSR count). The van der Waals surface area contributed by atoms with Gasteiger partial charge in [-0.15, -0.1) is 11.3 Å². The Kier molecular flexibility index (Phi) is 6.25. The third-order valence-corrected chi connectivity index (χ3v) is 7.23. The quantitative estimate of drug-likeness (QED) is 0.510. The van der Waals surface area contributed by atoms with E-state index in [1.807, 2.05) is 0 Å². The maximum atomic E-state index is 6.21. The average molecular weight is 423 g/mol. The second kappa shape index (κ2) is 9.41. The van der Waals surface area contributed by atoms with E-state index in [4.69, 9.17) is 9.72 Å². The molecule has 0 saturated carbocycles. The lowest BCUT2D eigenvalue weighted by Gasteiger charge is -2.33. The Hall–Kier alpha value is -2.02. The van der Waals surface area contributed by atoms with Gasteiger partial charge in [0.15, 0.2) is 0 Å². The van der Waals surface area contributed by atoms with E-state index < -0.39 is 0 Å². The first-order chi connectivity index (χ1) is 14.9. The fourth-order valence-corrected chi connectivity index (χ4v) is 5.62. The van der Waals surface area contributed by atoms with Gasteiger partial charge in [-0.25, -0.2) is 9.97 Å². The fourth-order valence-electron chi connectivity index (χ4n) is 4.71. The molecular formula is C24H30N4OS. The molecule has 2 aliphatic rings. The number of ether oxygens (including phenoxy) is 1. The van der Waals surface area contributed by atoms with Crippen molar-refractivity contribution in [1.29, 1.82) is 0 Å². The molecule has 1 aromatic carbocycles. The highest BCUT2D eigenvalue weighted by molar-refractivity contribution is 7.17. The minimum atomic E-state index is 0.383. The molecule has 0 bridgehead atoms. The molecule has 5 nitrogen and oxygen atoms in total. The number of fused-ring (bicyclic) bond motifs is 1. The summed E-state index contributed by atoms with van der Waals surface area (Å²) in [5.41, 5.74) is 2.47. The number of piperidine rings is 1. The van der Waals surface area contributed by atoms with E-state index in [-0.39, 0.29) is 0 Å². The van der Waals surface area contributed by atoms with Crippen LogP contribution in [0.15, 0.2) is 42.0 Å². The van der Waals surface area contributed by atoms with Crippen molar-refractivity contribution in [3.63, 3.8) is 0 Å². The molecule has 2 saturated heterocycles. The van der Waals surface area contributed by atoms with Crippen molar-refractivity contribution in [2.24, 2.45) is 0 Å². The van der Waals surface area contributed by atoms with Gasteiger partial charge in [-0.3, -0.25) is 0 Å². The van der Waals surface area contributed by atoms with Gasteiger partial charge in [0.05, 0.1) is 11.5 Å². The van der Waals surface area contributed by atoms with Crippen LogP contribution in [0, 0.1) is 0 Å². The third kappa shape index (κ3) is 4.36. The highest BCUT2D eigenvalue weighted by atomic mass is 32.1. The minimum Gasteiger partial charge on any atom is -0.378 e. The first-order valence-electron chi connectivity index (χ1n) is 11.2. The molecule has 0 radical (unpaired) electrons. The van der Waals surface area contributed by atoms with Gasteiger partial charge < -0.3 is 14.5 Å². The van der Waals surface area contributed by atoms with Gasteiger partial charge in [0, 0.05) is 37.2 Å². The zero-order valence-electron chi connectivity index (χ0n) is 17.5. The highest BCUT2D eigenvalue weighted by Crippen LogP contribution is 2.38. The monoisotopic (exact) mass is 422 g/mol. The van der Waals surface area contributed by atoms with Gasteiger partial charge in [-0.1, -0.05) is 30.3 Å². The summed E-state index contributed by atoms with van der Waals surface area (Å²) in [5, 5.41) is 3.41. The fraction of sp³-hybridized carbons (Fsp3) is 0.500. The number of hydrogen-bond acceptors (Lipinski definition) is 6. The Morgan fingerprint density at radius 3 is 2.60 bits per heavy atom. The predicted molar refractivity (Wildman–Crippen MR) is 124 cm³/mol. The summed E-state index contributed by atoms with van der Waals surface area (Å²) in [6, 6.07) is 10.6. The van der Waals surface area contributed by atoms with Crippen molar-refractivity contribution < 1.29 is 4.74 Å². The van der Waals surface area contributed by atoms with Crippen LogP contribution in [0.5, 0.6) is 0 Å². The Balaban J connectivity index is 1.21. The highest BCUT2D eigenvalue weighted by Gasteiger charge is 2.24. The van der Waals surface area contributed by atoms with Crippen LogP contribution in [0.2, 0.25) is 0 Å². The van der Waals surface area contributed by atoms with E-state index in [0.29, 0.717) is 6.10 Å². The summed E-state index contributed by atoms with van der Waals surface area (Å²) in [5.74, 6) is 1.08. The smallest absolute Gasteiger partial charge is 0.141 e. The van der Waals surface area contributed by atoms with Gasteiger partial charge in [0.25, 0.3) is 0 Å². The standard InChI is InChI=1S/C24H30N4OS/c1-2-7-19(8-3-1)21-17-30-24-22(21)23(25-18-26-24)28-14-9-20(10-15-28)29-16-6-13-27-11-4-5-12-27/h1-3,7-8,17-18,20H,4-6,9-16H2. The molecule has 3 aromatic rings. The van der Waals surface area contributed by atoms with Crippen molar-refractivity contribution in [3.8, 4) is 11.1 Å². The first-order valence-corrected chi connectivity index (χ1v) is 12.1. The van der Waals surface area contributed by atoms with Crippen molar-refractivity contribution in [1.82, 2.24) is 14.9 Å². The van der Waals surface area contributed by atoms with Gasteiger partial charge in [0.2, 0.25) is 0 Å². The molecule has 4 heterocycles. The molecule has 0 atom stereocenters. The predicted octanol–water partition coefficient (Wildman–Crippen LogP) is 4.83. The van der Waals surface area contributed by atoms with E-state index >= 15 is 0 Å². The number of thiophene rings is 1. The number of likely N-dealkylation sites (tertiary alicyclic amines) is 1. The van der Waals surface area contributed by atoms with E-state index in [1.54, 1.807) is 17.7 Å². The van der Waals surface area contributed by atoms with E-state index in [9.17, 15) is 0 Å². The van der Waals surface area contributed by atoms with Crippen LogP contribution in [-0.2, 0) is 4.74 Å². The molecule has 0 spiro atoms. The van der Waals surface area contributed by atoms with Crippen LogP contribution >= 0.6 is 11.3 Å². The molecule has 2 fully saturated rings. The zero-order valence-corrected chi connectivity index (χ0v) is 18.3. The Morgan fingerprint density at radius 2 is 1.80 bits per heavy atom. The largest absolute Gasteiger partial charge is 0.378 e. The van der Waals surface area contributed by atoms with E-state index in [1.165, 1.54) is 49.0 Å². The number of aromatic nitrogens is 2. The summed E-state index contributed by atoms with van der Waals surface area (Å²) < 4.78 is 6.21. The van der Waals surface area contributed by atoms with Crippen LogP contribution in [0.3, 0.4) is 0 Å². The maximum Gasteiger partial charge on any atom is 0.141 e. The molecule has 2 aliphatic heterocycles. The van der Waals surface area contributed by atoms with Crippen molar-refractivity contribution in [2.75, 3.05) is 44.2 Å². The number of anilines is 1. The molecule has 6 heteroatoms. The zero-order chi connectivity index (χ0) is 20.2. The molecule has 30 heavy (non-hydrogen) atoms. The van der Waals surface area contributed by atoms with Gasteiger partial charge in [-0.05, 0) is 50.8 Å². The SMILES string of the molecule is c1ccc(-c2csc3ncnc(N4CCC(OCCCN5CCCC5)CC4)c23)cc1. The van der Waals surface area contributed by atoms with Crippen molar-refractivity contribution >= 4 is 27.4 Å². The normalized spacial score (nSPS) is 18.5. The van der Waals surface area contributed by atoms with E-state index in [2.05, 4.69) is 50.5 Å². The second-order valence-corrected chi connectivity index (χ2v) is 9.21. The number of hydrogen-bond donors (Lipinski definition) is 0. The van der Waals surface area contributed by atoms with Crippen LogP contribution in [0.25, 0.3) is 21.3 Å². The molecule has 0 N–H and O–H groups in total. The van der Waals surface area contributed by atoms with Crippen molar-refractivity contribution in [2.45, 2.75) is 38.2 Å². The van der Waals surface area contributed by atoms with Gasteiger partial charge in [0.1, 0.15) is 17.0 Å². The number of nitrogens with zero attached hydrogens (tertiary/aromatic N) is 4. The third-order valence-electron chi connectivity index (χ3n) is 6.35. The summed E-state index contributed by atoms with van der Waals surface area (Å²) >= 11 is 1.70. The van der Waals surface area contributed by atoms with Gasteiger partial charge in [-0.2, -0.15) is 0 Å². The lowest BCUT2D eigenvalue weighted by molar-refractivity contribution is 0.0324. The van der Waals surface area contributed by atoms with Crippen LogP contribution in [-0.4, -0.2) is 60.3 Å². The molecule has 158 valence electrons. The van der Waals surface area contributed by atoms with E-state index in [0.717, 1.165) is 49.6 Å². The van der Waals surface area contributed by atoms with Crippen LogP contribution < -0.4 is 4.90 Å². The average Bonchev–Trinajstić information content (AvgIpc) is 3.48. The molecule has 2 aromatic heterocycles. The maximum absolute atomic E-state index is 6.21. The van der Waals surface area contributed by atoms with Crippen molar-refractivity contribution in [3.05, 3.63) is 42.0 Å². The number of benzene rings is 1. The molecular weight excluding hydrogens is 392 g/mol. The summed E-state index contributed by atoms with van der Waals surface area (Å²) in [6.45, 7) is 6.62. The lowest BCUT2D eigenvalue weighted by atomic mass is 10.0.